The van der Waals surface area contributed by atoms with E-state index in [4.69, 9.17) is 0 Å². The van der Waals surface area contributed by atoms with Crippen LogP contribution in [0, 0.1) is 34.9 Å². The number of hydrogen-bond donors (Lipinski definition) is 4. The minimum atomic E-state index is -0.924. The lowest BCUT2D eigenvalue weighted by molar-refractivity contribution is 0.475. The molecule has 0 spiro atoms. The molecule has 0 radical (unpaired) electrons. The Morgan fingerprint density at radius 1 is 0.544 bits per heavy atom. The number of imidazole rings is 2. The molecule has 0 amide bonds. The third-order valence-electron chi connectivity index (χ3n) is 12.6. The predicted octanol–water partition coefficient (Wildman–Crippen LogP) is 9.59. The van der Waals surface area contributed by atoms with Gasteiger partial charge in [-0.2, -0.15) is 0 Å². The van der Waals surface area contributed by atoms with Crippen LogP contribution in [0.2, 0.25) is 0 Å². The Labute approximate surface area is 325 Å². The summed E-state index contributed by atoms with van der Waals surface area (Å²) in [5, 5.41) is 6.83. The number of halogens is 6. The second-order valence-electron chi connectivity index (χ2n) is 16.0. The summed E-state index contributed by atoms with van der Waals surface area (Å²) in [6, 6.07) is 11.3. The fraction of sp³-hybridized carbons (Fsp3) is 0.395. The van der Waals surface area contributed by atoms with Crippen molar-refractivity contribution in [3.05, 3.63) is 118 Å². The van der Waals surface area contributed by atoms with Crippen molar-refractivity contribution in [2.45, 2.75) is 81.5 Å². The molecule has 6 heterocycles. The Morgan fingerprint density at radius 3 is 1.58 bits per heavy atom. The second kappa shape index (κ2) is 14.4. The fourth-order valence-electron chi connectivity index (χ4n) is 9.80. The maximum Gasteiger partial charge on any atom is 0.159 e. The molecule has 8 nitrogen and oxygen atoms in total. The Morgan fingerprint density at radius 2 is 1.09 bits per heavy atom. The first kappa shape index (κ1) is 36.3. The number of nitrogens with one attached hydrogen (secondary N) is 4. The van der Waals surface area contributed by atoms with Gasteiger partial charge >= 0.3 is 0 Å². The van der Waals surface area contributed by atoms with Crippen molar-refractivity contribution >= 4 is 33.4 Å². The summed E-state index contributed by atoms with van der Waals surface area (Å²) in [6.07, 6.45) is 5.61. The average molecular weight is 785 g/mol. The van der Waals surface area contributed by atoms with Crippen molar-refractivity contribution in [2.75, 3.05) is 36.0 Å². The third kappa shape index (κ3) is 6.50. The second-order valence-corrected chi connectivity index (χ2v) is 16.0. The maximum atomic E-state index is 16.4. The predicted molar refractivity (Wildman–Crippen MR) is 206 cm³/mol. The van der Waals surface area contributed by atoms with Crippen LogP contribution < -0.4 is 20.4 Å². The molecular formula is C43H42F6N8. The minimum Gasteiger partial charge on any atom is -0.367 e. The van der Waals surface area contributed by atoms with E-state index >= 15 is 17.6 Å². The molecule has 4 atom stereocenters. The highest BCUT2D eigenvalue weighted by molar-refractivity contribution is 5.78. The van der Waals surface area contributed by atoms with Gasteiger partial charge in [-0.3, -0.25) is 0 Å². The van der Waals surface area contributed by atoms with Crippen molar-refractivity contribution in [3.8, 4) is 0 Å². The molecule has 4 aliphatic rings. The van der Waals surface area contributed by atoms with Gasteiger partial charge in [0.2, 0.25) is 0 Å². The highest BCUT2D eigenvalue weighted by Gasteiger charge is 2.40. The number of aromatic amines is 2. The van der Waals surface area contributed by atoms with Crippen LogP contribution in [0.15, 0.2) is 54.6 Å². The van der Waals surface area contributed by atoms with Gasteiger partial charge in [-0.25, -0.2) is 36.3 Å². The highest BCUT2D eigenvalue weighted by atomic mass is 19.2. The lowest BCUT2D eigenvalue weighted by Gasteiger charge is -2.36. The molecule has 296 valence electrons. The lowest BCUT2D eigenvalue weighted by atomic mass is 9.89. The molecule has 0 bridgehead atoms. The van der Waals surface area contributed by atoms with Crippen molar-refractivity contribution in [2.24, 2.45) is 0 Å². The van der Waals surface area contributed by atoms with Gasteiger partial charge in [0.15, 0.2) is 23.3 Å². The zero-order valence-corrected chi connectivity index (χ0v) is 31.1. The van der Waals surface area contributed by atoms with E-state index in [1.807, 2.05) is 0 Å². The zero-order valence-electron chi connectivity index (χ0n) is 31.1. The van der Waals surface area contributed by atoms with E-state index in [2.05, 4.69) is 30.6 Å². The molecule has 4 N–H and O–H groups in total. The number of hydrogen-bond acceptors (Lipinski definition) is 6. The van der Waals surface area contributed by atoms with E-state index in [1.54, 1.807) is 28.0 Å². The Bertz CT molecular complexity index is 2350. The highest BCUT2D eigenvalue weighted by Crippen LogP contribution is 2.50. The molecule has 0 unspecified atom stereocenters. The first-order valence-corrected chi connectivity index (χ1v) is 20.0. The van der Waals surface area contributed by atoms with E-state index in [-0.39, 0.29) is 29.4 Å². The Kier molecular flexibility index (Phi) is 9.15. The molecule has 0 saturated carbocycles. The Balaban J connectivity index is 1.01. The lowest BCUT2D eigenvalue weighted by Crippen LogP contribution is -2.34. The number of piperidine rings is 1. The summed E-state index contributed by atoms with van der Waals surface area (Å²) in [5.41, 5.74) is 3.53. The fourth-order valence-corrected chi connectivity index (χ4v) is 9.80. The van der Waals surface area contributed by atoms with Gasteiger partial charge in [-0.15, -0.1) is 0 Å². The van der Waals surface area contributed by atoms with E-state index < -0.39 is 47.0 Å². The molecule has 10 rings (SSSR count). The first-order valence-electron chi connectivity index (χ1n) is 20.0. The van der Waals surface area contributed by atoms with Gasteiger partial charge in [0.05, 0.1) is 46.2 Å². The molecule has 4 aliphatic heterocycles. The van der Waals surface area contributed by atoms with E-state index in [0.717, 1.165) is 56.5 Å². The number of rotatable bonds is 7. The number of nitrogens with zero attached hydrogens (tertiary/aromatic N) is 4. The van der Waals surface area contributed by atoms with Crippen LogP contribution in [0.4, 0.5) is 37.7 Å². The van der Waals surface area contributed by atoms with Crippen LogP contribution in [0.3, 0.4) is 0 Å². The molecular weight excluding hydrogens is 743 g/mol. The molecule has 4 saturated heterocycles. The van der Waals surface area contributed by atoms with Crippen LogP contribution in [0.5, 0.6) is 0 Å². The smallest absolute Gasteiger partial charge is 0.159 e. The summed E-state index contributed by atoms with van der Waals surface area (Å²) in [5.74, 6) is -3.07. The third-order valence-corrected chi connectivity index (χ3v) is 12.6. The number of anilines is 2. The van der Waals surface area contributed by atoms with E-state index in [9.17, 15) is 8.78 Å². The standard InChI is InChI=1S/C43H42F6N8/c44-27-6-5-23(15-30(27)47)22-9-13-56(14-10-22)41-31(48)16-24(17-32(41)49)57-39(25-18-35-37(20-28(25)45)54-42(52-35)33-3-1-11-50-33)7-8-40(57)26-19-36-38(21-29(26)46)55-43(53-36)34-4-2-12-51-34/h5-6,15-22,33-34,39-40,50-51H,1-4,7-14H2,(H,52,54)(H,53,55)/t33-,34-,39+,40+/m0/s1. The molecule has 0 aliphatic carbocycles. The van der Waals surface area contributed by atoms with Crippen LogP contribution >= 0.6 is 0 Å². The molecule has 2 aromatic heterocycles. The minimum absolute atomic E-state index is 0.0442. The molecule has 14 heteroatoms. The summed E-state index contributed by atoms with van der Waals surface area (Å²) >= 11 is 0. The van der Waals surface area contributed by atoms with Crippen molar-refractivity contribution < 1.29 is 26.3 Å². The van der Waals surface area contributed by atoms with Crippen LogP contribution in [-0.2, 0) is 0 Å². The van der Waals surface area contributed by atoms with Gasteiger partial charge in [0.25, 0.3) is 0 Å². The van der Waals surface area contributed by atoms with Crippen LogP contribution in [0.1, 0.15) is 110 Å². The maximum absolute atomic E-state index is 16.4. The van der Waals surface area contributed by atoms with Gasteiger partial charge in [0.1, 0.15) is 29.0 Å². The Hall–Kier alpha value is -5.08. The number of fused-ring (bicyclic) bond motifs is 2. The van der Waals surface area contributed by atoms with Crippen molar-refractivity contribution in [1.29, 1.82) is 0 Å². The van der Waals surface area contributed by atoms with Gasteiger partial charge in [-0.05, 0) is 112 Å². The molecule has 4 aromatic carbocycles. The first-order chi connectivity index (χ1) is 27.7. The number of H-pyrrole nitrogens is 2. The largest absolute Gasteiger partial charge is 0.367 e. The van der Waals surface area contributed by atoms with Gasteiger partial charge in [-0.1, -0.05) is 6.07 Å². The zero-order chi connectivity index (χ0) is 38.9. The molecule has 57 heavy (non-hydrogen) atoms. The van der Waals surface area contributed by atoms with Crippen LogP contribution in [-0.4, -0.2) is 46.1 Å². The molecule has 4 fully saturated rings. The van der Waals surface area contributed by atoms with Crippen molar-refractivity contribution in [3.63, 3.8) is 0 Å². The quantitative estimate of drug-likeness (QED) is 0.121. The number of aromatic nitrogens is 4. The summed E-state index contributed by atoms with van der Waals surface area (Å²) in [4.78, 5) is 19.5. The average Bonchev–Trinajstić information content (AvgIpc) is 4.04. The van der Waals surface area contributed by atoms with Crippen LogP contribution in [0.25, 0.3) is 22.1 Å². The molecule has 6 aromatic rings. The summed E-state index contributed by atoms with van der Waals surface area (Å²) < 4.78 is 93.0. The van der Waals surface area contributed by atoms with Crippen molar-refractivity contribution in [1.82, 2.24) is 30.6 Å². The SMILES string of the molecule is Fc1ccc(C2CCN(c3c(F)cc(N4[C@@H](c5cc6[nH]c([C@@H]7CCCN7)nc6cc5F)CC[C@@H]4c4cc5[nH]c([C@@H]6CCCN6)nc5cc4F)cc3F)CC2)cc1F. The summed E-state index contributed by atoms with van der Waals surface area (Å²) in [7, 11) is 0. The number of benzene rings is 4. The van der Waals surface area contributed by atoms with E-state index in [1.165, 1.54) is 30.3 Å². The summed E-state index contributed by atoms with van der Waals surface area (Å²) in [6.45, 7) is 2.35. The van der Waals surface area contributed by atoms with Gasteiger partial charge in [0, 0.05) is 42.0 Å². The normalized spacial score (nSPS) is 23.2. The topological polar surface area (TPSA) is 87.9 Å². The van der Waals surface area contributed by atoms with E-state index in [0.29, 0.717) is 77.5 Å². The monoisotopic (exact) mass is 784 g/mol. The van der Waals surface area contributed by atoms with Gasteiger partial charge < -0.3 is 30.4 Å².